The zero-order valence-electron chi connectivity index (χ0n) is 31.9. The van der Waals surface area contributed by atoms with Crippen molar-refractivity contribution in [2.45, 2.75) is 104 Å². The third kappa shape index (κ3) is 19.1. The molecule has 0 heterocycles. The molecule has 0 aliphatic rings. The Morgan fingerprint density at radius 1 is 0.340 bits per heavy atom. The first-order valence-corrected chi connectivity index (χ1v) is 20.3. The van der Waals surface area contributed by atoms with Crippen molar-refractivity contribution in [3.63, 3.8) is 0 Å². The van der Waals surface area contributed by atoms with Crippen molar-refractivity contribution in [2.75, 3.05) is 65.4 Å². The van der Waals surface area contributed by atoms with Crippen LogP contribution in [-0.4, -0.2) is 65.4 Å². The highest BCUT2D eigenvalue weighted by atomic mass is 14.9. The van der Waals surface area contributed by atoms with Crippen LogP contribution in [-0.2, 0) is 13.1 Å². The van der Waals surface area contributed by atoms with Gasteiger partial charge in [0.2, 0.25) is 0 Å². The van der Waals surface area contributed by atoms with E-state index in [0.717, 1.165) is 78.3 Å². The van der Waals surface area contributed by atoms with Gasteiger partial charge in [0.25, 0.3) is 0 Å². The van der Waals surface area contributed by atoms with Gasteiger partial charge in [-0.25, -0.2) is 0 Å². The van der Waals surface area contributed by atoms with E-state index in [4.69, 9.17) is 0 Å². The molecule has 0 saturated carbocycles. The molecule has 278 valence electrons. The van der Waals surface area contributed by atoms with Crippen LogP contribution in [0.1, 0.15) is 102 Å². The molecule has 0 aliphatic carbocycles. The predicted octanol–water partition coefficient (Wildman–Crippen LogP) is 8.28. The monoisotopic (exact) mass is 685 g/mol. The van der Waals surface area contributed by atoms with E-state index in [1.54, 1.807) is 0 Å². The van der Waals surface area contributed by atoms with Crippen LogP contribution >= 0.6 is 0 Å². The first kappa shape index (κ1) is 41.8. The van der Waals surface area contributed by atoms with Gasteiger partial charge in [0, 0.05) is 13.1 Å². The van der Waals surface area contributed by atoms with Crippen molar-refractivity contribution < 1.29 is 0 Å². The van der Waals surface area contributed by atoms with Crippen molar-refractivity contribution in [1.29, 1.82) is 0 Å². The van der Waals surface area contributed by atoms with E-state index >= 15 is 0 Å². The van der Waals surface area contributed by atoms with Crippen LogP contribution in [0.5, 0.6) is 0 Å². The summed E-state index contributed by atoms with van der Waals surface area (Å²) < 4.78 is 0. The van der Waals surface area contributed by atoms with E-state index in [-0.39, 0.29) is 0 Å². The van der Waals surface area contributed by atoms with Crippen LogP contribution in [0.4, 0.5) is 0 Å². The largest absolute Gasteiger partial charge is 0.317 e. The molecule has 6 nitrogen and oxygen atoms in total. The summed E-state index contributed by atoms with van der Waals surface area (Å²) in [6.07, 6.45) is 15.4. The fraction of sp³-hybridized carbons (Fsp3) is 0.591. The van der Waals surface area contributed by atoms with Crippen LogP contribution in [0.25, 0.3) is 22.3 Å². The summed E-state index contributed by atoms with van der Waals surface area (Å²) in [4.78, 5) is 0. The van der Waals surface area contributed by atoms with E-state index in [0.29, 0.717) is 0 Å². The fourth-order valence-corrected chi connectivity index (χ4v) is 6.36. The van der Waals surface area contributed by atoms with Crippen LogP contribution in [0.2, 0.25) is 0 Å². The van der Waals surface area contributed by atoms with Crippen molar-refractivity contribution in [2.24, 2.45) is 0 Å². The van der Waals surface area contributed by atoms with Crippen LogP contribution in [0.3, 0.4) is 0 Å². The lowest BCUT2D eigenvalue weighted by molar-refractivity contribution is 0.551. The number of hydrogen-bond acceptors (Lipinski definition) is 6. The third-order valence-corrected chi connectivity index (χ3v) is 9.30. The topological polar surface area (TPSA) is 72.2 Å². The van der Waals surface area contributed by atoms with E-state index in [9.17, 15) is 0 Å². The summed E-state index contributed by atoms with van der Waals surface area (Å²) in [6.45, 7) is 17.3. The van der Waals surface area contributed by atoms with Gasteiger partial charge < -0.3 is 31.9 Å². The lowest BCUT2D eigenvalue weighted by Crippen LogP contribution is -2.25. The number of rotatable bonds is 32. The first-order valence-electron chi connectivity index (χ1n) is 20.3. The average molecular weight is 685 g/mol. The number of unbranched alkanes of at least 4 members (excludes halogenated alkanes) is 6. The fourth-order valence-electron chi connectivity index (χ4n) is 6.36. The Morgan fingerprint density at radius 2 is 0.700 bits per heavy atom. The predicted molar refractivity (Wildman–Crippen MR) is 219 cm³/mol. The molecule has 0 bridgehead atoms. The minimum Gasteiger partial charge on any atom is -0.317 e. The zero-order chi connectivity index (χ0) is 35.2. The maximum absolute atomic E-state index is 3.66. The highest BCUT2D eigenvalue weighted by Gasteiger charge is 2.09. The van der Waals surface area contributed by atoms with Gasteiger partial charge in [0.15, 0.2) is 0 Å². The van der Waals surface area contributed by atoms with Crippen molar-refractivity contribution in [3.05, 3.63) is 83.9 Å². The molecule has 0 saturated heterocycles. The summed E-state index contributed by atoms with van der Waals surface area (Å²) in [5.74, 6) is 0. The van der Waals surface area contributed by atoms with Gasteiger partial charge in [0.05, 0.1) is 0 Å². The van der Waals surface area contributed by atoms with Gasteiger partial charge >= 0.3 is 0 Å². The molecule has 6 heteroatoms. The standard InChI is InChI=1S/C44H72N6/c1-3-5-7-11-25-45-27-15-29-47-31-17-33-49-37-39-19-13-21-41(35-39)43-23-9-10-24-44(43)42-22-14-20-40(36-42)38-50-34-18-32-48-30-16-28-46-26-12-8-6-4-2/h9-10,13-14,19-24,35-36,45-50H,3-8,11-12,15-18,25-34,37-38H2,1-2H3. The number of hydrogen-bond donors (Lipinski definition) is 6. The molecular formula is C44H72N6. The summed E-state index contributed by atoms with van der Waals surface area (Å²) in [6, 6.07) is 26.9. The average Bonchev–Trinajstić information content (AvgIpc) is 3.15. The Kier molecular flexibility index (Phi) is 24.3. The molecule has 0 spiro atoms. The zero-order valence-corrected chi connectivity index (χ0v) is 31.9. The van der Waals surface area contributed by atoms with E-state index in [1.165, 1.54) is 111 Å². The summed E-state index contributed by atoms with van der Waals surface area (Å²) in [5, 5.41) is 21.6. The molecule has 0 aliphatic heterocycles. The highest BCUT2D eigenvalue weighted by Crippen LogP contribution is 2.32. The second-order valence-corrected chi connectivity index (χ2v) is 13.8. The summed E-state index contributed by atoms with van der Waals surface area (Å²) >= 11 is 0. The quantitative estimate of drug-likeness (QED) is 0.0372. The first-order chi connectivity index (χ1) is 24.8. The lowest BCUT2D eigenvalue weighted by Gasteiger charge is -2.13. The molecule has 6 N–H and O–H groups in total. The maximum Gasteiger partial charge on any atom is 0.0205 e. The number of benzene rings is 3. The molecule has 3 aromatic carbocycles. The molecule has 3 aromatic rings. The second kappa shape index (κ2) is 29.0. The molecule has 3 rings (SSSR count). The summed E-state index contributed by atoms with van der Waals surface area (Å²) in [5.41, 5.74) is 7.79. The van der Waals surface area contributed by atoms with Gasteiger partial charge in [-0.1, -0.05) is 113 Å². The normalized spacial score (nSPS) is 11.4. The molecule has 0 unspecified atom stereocenters. The van der Waals surface area contributed by atoms with Gasteiger partial charge in [-0.2, -0.15) is 0 Å². The molecule has 0 fully saturated rings. The molecule has 0 amide bonds. The minimum atomic E-state index is 0.894. The Bertz CT molecular complexity index is 1140. The van der Waals surface area contributed by atoms with Gasteiger partial charge in [0.1, 0.15) is 0 Å². The van der Waals surface area contributed by atoms with Crippen LogP contribution < -0.4 is 31.9 Å². The molecule has 0 aromatic heterocycles. The SMILES string of the molecule is CCCCCCNCCCNCCCNCc1cccc(-c2ccccc2-c2cccc(CNCCCNCCCNCCCCCC)c2)c1. The maximum atomic E-state index is 3.66. The summed E-state index contributed by atoms with van der Waals surface area (Å²) in [7, 11) is 0. The van der Waals surface area contributed by atoms with Gasteiger partial charge in [-0.05, 0) is 149 Å². The minimum absolute atomic E-state index is 0.894. The van der Waals surface area contributed by atoms with Crippen molar-refractivity contribution in [1.82, 2.24) is 31.9 Å². The van der Waals surface area contributed by atoms with Crippen LogP contribution in [0.15, 0.2) is 72.8 Å². The van der Waals surface area contributed by atoms with Gasteiger partial charge in [-0.15, -0.1) is 0 Å². The Hall–Kier alpha value is -2.58. The number of nitrogens with one attached hydrogen (secondary N) is 6. The highest BCUT2D eigenvalue weighted by molar-refractivity contribution is 5.83. The van der Waals surface area contributed by atoms with Crippen molar-refractivity contribution in [3.8, 4) is 22.3 Å². The van der Waals surface area contributed by atoms with E-state index in [2.05, 4.69) is 119 Å². The van der Waals surface area contributed by atoms with Crippen molar-refractivity contribution >= 4 is 0 Å². The molecular weight excluding hydrogens is 613 g/mol. The van der Waals surface area contributed by atoms with E-state index < -0.39 is 0 Å². The van der Waals surface area contributed by atoms with Gasteiger partial charge in [-0.3, -0.25) is 0 Å². The Labute approximate surface area is 306 Å². The molecule has 50 heavy (non-hydrogen) atoms. The van der Waals surface area contributed by atoms with E-state index in [1.807, 2.05) is 0 Å². The third-order valence-electron chi connectivity index (χ3n) is 9.30. The smallest absolute Gasteiger partial charge is 0.0205 e. The Balaban J connectivity index is 1.32. The second-order valence-electron chi connectivity index (χ2n) is 13.8. The molecule has 0 atom stereocenters. The molecule has 0 radical (unpaired) electrons. The Morgan fingerprint density at radius 3 is 1.08 bits per heavy atom. The lowest BCUT2D eigenvalue weighted by atomic mass is 9.93. The van der Waals surface area contributed by atoms with Crippen LogP contribution in [0, 0.1) is 0 Å².